The smallest absolute Gasteiger partial charge is 0.0987 e. The van der Waals surface area contributed by atoms with Crippen molar-refractivity contribution in [2.24, 2.45) is 4.99 Å². The molecule has 0 aliphatic carbocycles. The number of aliphatic imine (C=N–C) groups is 1. The molecule has 0 atom stereocenters. The highest BCUT2D eigenvalue weighted by atomic mass is 35.5. The van der Waals surface area contributed by atoms with Crippen molar-refractivity contribution < 1.29 is 0 Å². The Morgan fingerprint density at radius 3 is 2.60 bits per heavy atom. The fourth-order valence-electron chi connectivity index (χ4n) is 1.20. The topological polar surface area (TPSA) is 15.6 Å². The van der Waals surface area contributed by atoms with Crippen molar-refractivity contribution >= 4 is 18.2 Å². The van der Waals surface area contributed by atoms with Crippen LogP contribution in [-0.2, 0) is 0 Å². The maximum Gasteiger partial charge on any atom is 0.0987 e. The van der Waals surface area contributed by atoms with Crippen LogP contribution in [0, 0.1) is 0 Å². The predicted molar refractivity (Wildman–Crippen MR) is 47.1 cm³/mol. The van der Waals surface area contributed by atoms with Gasteiger partial charge in [-0.1, -0.05) is 6.92 Å². The van der Waals surface area contributed by atoms with Crippen LogP contribution in [0.2, 0.25) is 0 Å². The van der Waals surface area contributed by atoms with E-state index in [1.54, 1.807) is 0 Å². The molecule has 0 saturated heterocycles. The number of halogens is 1. The zero-order valence-corrected chi connectivity index (χ0v) is 7.45. The van der Waals surface area contributed by atoms with Crippen molar-refractivity contribution in [3.05, 3.63) is 0 Å². The second-order valence-corrected chi connectivity index (χ2v) is 2.23. The van der Waals surface area contributed by atoms with Crippen LogP contribution in [0.1, 0.15) is 20.3 Å². The van der Waals surface area contributed by atoms with Crippen molar-refractivity contribution in [1.29, 1.82) is 0 Å². The van der Waals surface area contributed by atoms with Gasteiger partial charge in [0.1, 0.15) is 0 Å². The SMILES string of the molecule is CCC1=NCCN1CC.Cl. The van der Waals surface area contributed by atoms with Crippen LogP contribution in [0.5, 0.6) is 0 Å². The summed E-state index contributed by atoms with van der Waals surface area (Å²) in [5, 5.41) is 0. The Kier molecular flexibility index (Phi) is 4.45. The Morgan fingerprint density at radius 1 is 1.50 bits per heavy atom. The first-order chi connectivity index (χ1) is 4.38. The van der Waals surface area contributed by atoms with Crippen LogP contribution in [0.4, 0.5) is 0 Å². The molecule has 2 nitrogen and oxygen atoms in total. The molecule has 10 heavy (non-hydrogen) atoms. The summed E-state index contributed by atoms with van der Waals surface area (Å²) >= 11 is 0. The van der Waals surface area contributed by atoms with Gasteiger partial charge in [-0.25, -0.2) is 0 Å². The molecule has 0 amide bonds. The fraction of sp³-hybridized carbons (Fsp3) is 0.857. The molecule has 0 aromatic heterocycles. The normalized spacial score (nSPS) is 16.6. The van der Waals surface area contributed by atoms with Gasteiger partial charge in [-0.3, -0.25) is 4.99 Å². The van der Waals surface area contributed by atoms with E-state index < -0.39 is 0 Å². The molecule has 0 unspecified atom stereocenters. The van der Waals surface area contributed by atoms with Crippen LogP contribution in [0.15, 0.2) is 4.99 Å². The molecule has 0 aromatic rings. The molecular weight excluding hydrogens is 148 g/mol. The highest BCUT2D eigenvalue weighted by Gasteiger charge is 2.11. The van der Waals surface area contributed by atoms with Gasteiger partial charge in [-0.15, -0.1) is 12.4 Å². The first-order valence-corrected chi connectivity index (χ1v) is 3.66. The van der Waals surface area contributed by atoms with Crippen LogP contribution in [-0.4, -0.2) is 30.4 Å². The van der Waals surface area contributed by atoms with Crippen molar-refractivity contribution in [3.63, 3.8) is 0 Å². The number of amidine groups is 1. The Morgan fingerprint density at radius 2 is 2.20 bits per heavy atom. The third-order valence-electron chi connectivity index (χ3n) is 1.73. The van der Waals surface area contributed by atoms with Gasteiger partial charge >= 0.3 is 0 Å². The molecule has 0 fully saturated rings. The number of nitrogens with zero attached hydrogens (tertiary/aromatic N) is 2. The lowest BCUT2D eigenvalue weighted by molar-refractivity contribution is 0.476. The van der Waals surface area contributed by atoms with E-state index >= 15 is 0 Å². The molecule has 1 heterocycles. The highest BCUT2D eigenvalue weighted by Crippen LogP contribution is 2.02. The van der Waals surface area contributed by atoms with Crippen molar-refractivity contribution in [2.75, 3.05) is 19.6 Å². The van der Waals surface area contributed by atoms with Crippen molar-refractivity contribution in [3.8, 4) is 0 Å². The molecular formula is C7H15ClN2. The summed E-state index contributed by atoms with van der Waals surface area (Å²) in [5.41, 5.74) is 0. The van der Waals surface area contributed by atoms with Crippen LogP contribution < -0.4 is 0 Å². The van der Waals surface area contributed by atoms with E-state index in [0.29, 0.717) is 0 Å². The van der Waals surface area contributed by atoms with Gasteiger partial charge < -0.3 is 4.90 Å². The number of rotatable bonds is 2. The second kappa shape index (κ2) is 4.56. The Balaban J connectivity index is 0.000000810. The molecule has 3 heteroatoms. The third kappa shape index (κ3) is 1.87. The minimum Gasteiger partial charge on any atom is -0.359 e. The predicted octanol–water partition coefficient (Wildman–Crippen LogP) is 1.55. The lowest BCUT2D eigenvalue weighted by Gasteiger charge is -2.15. The van der Waals surface area contributed by atoms with E-state index in [-0.39, 0.29) is 12.4 Å². The molecule has 0 spiro atoms. The summed E-state index contributed by atoms with van der Waals surface area (Å²) in [6.07, 6.45) is 1.09. The summed E-state index contributed by atoms with van der Waals surface area (Å²) in [6.45, 7) is 7.60. The molecule has 1 aliphatic rings. The van der Waals surface area contributed by atoms with Gasteiger partial charge in [0.25, 0.3) is 0 Å². The van der Waals surface area contributed by atoms with Gasteiger partial charge in [-0.2, -0.15) is 0 Å². The highest BCUT2D eigenvalue weighted by molar-refractivity contribution is 5.85. The zero-order valence-electron chi connectivity index (χ0n) is 6.63. The first-order valence-electron chi connectivity index (χ1n) is 3.66. The number of hydrogen-bond acceptors (Lipinski definition) is 2. The fourth-order valence-corrected chi connectivity index (χ4v) is 1.20. The minimum atomic E-state index is 0. The molecule has 0 bridgehead atoms. The van der Waals surface area contributed by atoms with Crippen LogP contribution in [0.3, 0.4) is 0 Å². The maximum absolute atomic E-state index is 4.35. The van der Waals surface area contributed by atoms with Gasteiger partial charge in [0, 0.05) is 19.5 Å². The van der Waals surface area contributed by atoms with Gasteiger partial charge in [0.2, 0.25) is 0 Å². The van der Waals surface area contributed by atoms with E-state index in [1.807, 2.05) is 0 Å². The van der Waals surface area contributed by atoms with E-state index in [0.717, 1.165) is 26.1 Å². The summed E-state index contributed by atoms with van der Waals surface area (Å²) in [5.74, 6) is 1.29. The molecule has 0 saturated carbocycles. The number of likely N-dealkylation sites (N-methyl/N-ethyl adjacent to an activating group) is 1. The Bertz CT molecular complexity index is 123. The first kappa shape index (κ1) is 9.76. The molecule has 1 rings (SSSR count). The third-order valence-corrected chi connectivity index (χ3v) is 1.73. The minimum absolute atomic E-state index is 0. The standard InChI is InChI=1S/C7H14N2.ClH/c1-3-7-8-5-6-9(7)4-2;/h3-6H2,1-2H3;1H. The largest absolute Gasteiger partial charge is 0.359 e. The average Bonchev–Trinajstić information content (AvgIpc) is 2.33. The Labute approximate surface area is 68.7 Å². The maximum atomic E-state index is 4.35. The summed E-state index contributed by atoms with van der Waals surface area (Å²) < 4.78 is 0. The lowest BCUT2D eigenvalue weighted by Crippen LogP contribution is -2.26. The molecule has 1 aliphatic heterocycles. The quantitative estimate of drug-likeness (QED) is 0.602. The monoisotopic (exact) mass is 162 g/mol. The van der Waals surface area contributed by atoms with E-state index in [1.165, 1.54) is 5.84 Å². The zero-order chi connectivity index (χ0) is 6.69. The lowest BCUT2D eigenvalue weighted by atomic mass is 10.4. The summed E-state index contributed by atoms with van der Waals surface area (Å²) in [6, 6.07) is 0. The summed E-state index contributed by atoms with van der Waals surface area (Å²) in [4.78, 5) is 6.68. The molecule has 60 valence electrons. The van der Waals surface area contributed by atoms with Crippen LogP contribution in [0.25, 0.3) is 0 Å². The van der Waals surface area contributed by atoms with E-state index in [4.69, 9.17) is 0 Å². The molecule has 0 aromatic carbocycles. The van der Waals surface area contributed by atoms with Gasteiger partial charge in [0.05, 0.1) is 12.4 Å². The van der Waals surface area contributed by atoms with Crippen molar-refractivity contribution in [1.82, 2.24) is 4.90 Å². The van der Waals surface area contributed by atoms with Crippen LogP contribution >= 0.6 is 12.4 Å². The second-order valence-electron chi connectivity index (χ2n) is 2.23. The summed E-state index contributed by atoms with van der Waals surface area (Å²) in [7, 11) is 0. The number of hydrogen-bond donors (Lipinski definition) is 0. The molecule has 0 radical (unpaired) electrons. The Hall–Kier alpha value is -0.240. The van der Waals surface area contributed by atoms with Gasteiger partial charge in [0.15, 0.2) is 0 Å². The van der Waals surface area contributed by atoms with Gasteiger partial charge in [-0.05, 0) is 6.92 Å². The average molecular weight is 163 g/mol. The molecule has 0 N–H and O–H groups in total. The van der Waals surface area contributed by atoms with E-state index in [2.05, 4.69) is 23.7 Å². The van der Waals surface area contributed by atoms with Crippen molar-refractivity contribution in [2.45, 2.75) is 20.3 Å². The van der Waals surface area contributed by atoms with E-state index in [9.17, 15) is 0 Å².